The first kappa shape index (κ1) is 33.1. The van der Waals surface area contributed by atoms with Crippen molar-refractivity contribution in [2.24, 2.45) is 5.92 Å². The number of aromatic nitrogens is 1. The molecule has 58 heavy (non-hydrogen) atoms. The number of rotatable bonds is 4. The average molecular weight is 738 g/mol. The summed E-state index contributed by atoms with van der Waals surface area (Å²) in [7, 11) is 0. The van der Waals surface area contributed by atoms with Crippen molar-refractivity contribution in [2.75, 3.05) is 0 Å². The van der Waals surface area contributed by atoms with Gasteiger partial charge in [-0.15, -0.1) is 0 Å². The molecule has 1 atom stereocenters. The van der Waals surface area contributed by atoms with Crippen LogP contribution in [0.4, 0.5) is 0 Å². The van der Waals surface area contributed by atoms with Crippen molar-refractivity contribution >= 4 is 71.1 Å². The quantitative estimate of drug-likeness (QED) is 0.164. The number of pyridine rings is 1. The van der Waals surface area contributed by atoms with Crippen LogP contribution in [0.2, 0.25) is 0 Å². The molecule has 1 heteroatoms. The van der Waals surface area contributed by atoms with Gasteiger partial charge < -0.3 is 0 Å². The number of hydrogen-bond acceptors (Lipinski definition) is 1. The van der Waals surface area contributed by atoms with Crippen molar-refractivity contribution < 1.29 is 0 Å². The molecule has 272 valence electrons. The zero-order chi connectivity index (χ0) is 38.2. The first-order valence-electron chi connectivity index (χ1n) is 20.6. The molecule has 1 unspecified atom stereocenters. The normalized spacial score (nSPS) is 16.1. The van der Waals surface area contributed by atoms with Crippen molar-refractivity contribution in [3.8, 4) is 22.4 Å². The van der Waals surface area contributed by atoms with Gasteiger partial charge in [0, 0.05) is 23.1 Å². The molecule has 0 aliphatic heterocycles. The van der Waals surface area contributed by atoms with Crippen LogP contribution in [0.1, 0.15) is 35.1 Å². The van der Waals surface area contributed by atoms with E-state index in [1.54, 1.807) is 0 Å². The molecule has 0 radical (unpaired) electrons. The molecule has 8 aromatic carbocycles. The summed E-state index contributed by atoms with van der Waals surface area (Å²) in [6.07, 6.45) is 21.4. The molecule has 3 aliphatic rings. The largest absolute Gasteiger partial charge is 0.256 e. The first-order valence-corrected chi connectivity index (χ1v) is 20.6. The Balaban J connectivity index is 1.16. The van der Waals surface area contributed by atoms with Gasteiger partial charge in [0.25, 0.3) is 0 Å². The summed E-state index contributed by atoms with van der Waals surface area (Å²) in [6.45, 7) is 0. The monoisotopic (exact) mass is 737 g/mol. The van der Waals surface area contributed by atoms with Gasteiger partial charge in [-0.1, -0.05) is 176 Å². The van der Waals surface area contributed by atoms with E-state index in [9.17, 15) is 0 Å². The van der Waals surface area contributed by atoms with Crippen molar-refractivity contribution in [3.63, 3.8) is 0 Å². The fraction of sp³-hybridized carbons (Fsp3) is 0.0702. The minimum absolute atomic E-state index is 0.436. The van der Waals surface area contributed by atoms with Gasteiger partial charge in [-0.3, -0.25) is 4.98 Å². The molecule has 0 spiro atoms. The summed E-state index contributed by atoms with van der Waals surface area (Å²) < 4.78 is 0. The molecule has 1 heterocycles. The summed E-state index contributed by atoms with van der Waals surface area (Å²) in [5, 5.41) is 12.6. The molecular formula is C57H39N. The second-order valence-electron chi connectivity index (χ2n) is 16.0. The van der Waals surface area contributed by atoms with Crippen molar-refractivity contribution in [3.05, 3.63) is 216 Å². The lowest BCUT2D eigenvalue weighted by atomic mass is 9.74. The summed E-state index contributed by atoms with van der Waals surface area (Å²) in [6, 6.07) is 53.8. The lowest BCUT2D eigenvalue weighted by Gasteiger charge is -2.29. The maximum atomic E-state index is 5.09. The molecular weight excluding hydrogens is 699 g/mol. The SMILES string of the molecule is C1=CC2=CC(c3c4c(c(-c5ccc6ccccc6c5)c5ccccc35)CCC(c3c5ccccc5c(-c5nccc6ccccc56)c5ccccc35)=C4)=CCC2C=C1. The van der Waals surface area contributed by atoms with Crippen LogP contribution in [0.3, 0.4) is 0 Å². The predicted molar refractivity (Wildman–Crippen MR) is 248 cm³/mol. The van der Waals surface area contributed by atoms with E-state index in [0.29, 0.717) is 5.92 Å². The summed E-state index contributed by atoms with van der Waals surface area (Å²) >= 11 is 0. The molecule has 0 saturated heterocycles. The number of allylic oxidation sites excluding steroid dienone is 9. The zero-order valence-electron chi connectivity index (χ0n) is 32.1. The predicted octanol–water partition coefficient (Wildman–Crippen LogP) is 15.1. The second-order valence-corrected chi connectivity index (χ2v) is 16.0. The highest BCUT2D eigenvalue weighted by Crippen LogP contribution is 2.50. The third kappa shape index (κ3) is 5.13. The van der Waals surface area contributed by atoms with E-state index in [1.807, 2.05) is 6.20 Å². The third-order valence-corrected chi connectivity index (χ3v) is 12.9. The number of hydrogen-bond donors (Lipinski definition) is 0. The minimum atomic E-state index is 0.436. The summed E-state index contributed by atoms with van der Waals surface area (Å²) in [5.74, 6) is 0.436. The minimum Gasteiger partial charge on any atom is -0.256 e. The van der Waals surface area contributed by atoms with Crippen LogP contribution in [-0.4, -0.2) is 4.98 Å². The number of nitrogens with zero attached hydrogens (tertiary/aromatic N) is 1. The molecule has 0 saturated carbocycles. The fourth-order valence-corrected chi connectivity index (χ4v) is 10.3. The van der Waals surface area contributed by atoms with Crippen LogP contribution < -0.4 is 0 Å². The van der Waals surface area contributed by atoms with E-state index in [0.717, 1.165) is 25.0 Å². The molecule has 0 amide bonds. The number of benzene rings is 8. The van der Waals surface area contributed by atoms with Gasteiger partial charge >= 0.3 is 0 Å². The standard InChI is InChI=1S/C57H39N/c1-3-16-39-33-41(27-25-36(39)13-1)53-45-19-7-8-20-46(45)55(42-28-26-37-14-2-4-17-40(37)34-42)52-35-43(29-30-51(52)53)54-47-21-9-11-23-49(47)56(50-24-12-10-22-48(50)54)57-44-18-6-5-15-38(44)31-32-58-57/h1-25,27-28,31-35,37H,26,29-30H2. The molecule has 9 aromatic rings. The van der Waals surface area contributed by atoms with E-state index in [2.05, 4.69) is 188 Å². The molecule has 0 fully saturated rings. The molecule has 1 aromatic heterocycles. The highest BCUT2D eigenvalue weighted by atomic mass is 14.7. The van der Waals surface area contributed by atoms with Crippen LogP contribution in [-0.2, 0) is 6.42 Å². The van der Waals surface area contributed by atoms with E-state index in [4.69, 9.17) is 4.98 Å². The molecule has 0 bridgehead atoms. The van der Waals surface area contributed by atoms with Crippen molar-refractivity contribution in [1.82, 2.24) is 4.98 Å². The Hall–Kier alpha value is -7.09. The van der Waals surface area contributed by atoms with Crippen LogP contribution in [0.5, 0.6) is 0 Å². The second kappa shape index (κ2) is 13.3. The Morgan fingerprint density at radius 3 is 1.84 bits per heavy atom. The molecule has 12 rings (SSSR count). The number of fused-ring (bicyclic) bond motifs is 7. The van der Waals surface area contributed by atoms with Gasteiger partial charge in [0.1, 0.15) is 0 Å². The van der Waals surface area contributed by atoms with Crippen molar-refractivity contribution in [2.45, 2.75) is 19.3 Å². The fourth-order valence-electron chi connectivity index (χ4n) is 10.3. The van der Waals surface area contributed by atoms with Gasteiger partial charge in [-0.25, -0.2) is 0 Å². The van der Waals surface area contributed by atoms with E-state index < -0.39 is 0 Å². The van der Waals surface area contributed by atoms with Gasteiger partial charge in [-0.2, -0.15) is 0 Å². The van der Waals surface area contributed by atoms with E-state index in [1.165, 1.54) is 110 Å². The smallest absolute Gasteiger partial charge is 0.0792 e. The maximum absolute atomic E-state index is 5.09. The molecule has 3 aliphatic carbocycles. The Morgan fingerprint density at radius 1 is 0.483 bits per heavy atom. The Kier molecular flexibility index (Phi) is 7.56. The Bertz CT molecular complexity index is 3300. The lowest BCUT2D eigenvalue weighted by Crippen LogP contribution is -2.10. The highest BCUT2D eigenvalue weighted by molar-refractivity contribution is 6.22. The summed E-state index contributed by atoms with van der Waals surface area (Å²) in [5.41, 5.74) is 14.5. The third-order valence-electron chi connectivity index (χ3n) is 12.9. The van der Waals surface area contributed by atoms with Gasteiger partial charge in [0.15, 0.2) is 0 Å². The van der Waals surface area contributed by atoms with Gasteiger partial charge in [0.2, 0.25) is 0 Å². The average Bonchev–Trinajstić information content (AvgIpc) is 3.29. The Morgan fingerprint density at radius 2 is 1.10 bits per heavy atom. The maximum Gasteiger partial charge on any atom is 0.0792 e. The zero-order valence-corrected chi connectivity index (χ0v) is 32.1. The van der Waals surface area contributed by atoms with Crippen LogP contribution in [0.15, 0.2) is 194 Å². The van der Waals surface area contributed by atoms with E-state index in [-0.39, 0.29) is 0 Å². The van der Waals surface area contributed by atoms with E-state index >= 15 is 0 Å². The summed E-state index contributed by atoms with van der Waals surface area (Å²) in [4.78, 5) is 5.09. The molecule has 0 N–H and O–H groups in total. The lowest BCUT2D eigenvalue weighted by molar-refractivity contribution is 0.783. The Labute approximate surface area is 338 Å². The van der Waals surface area contributed by atoms with Crippen LogP contribution in [0.25, 0.3) is 93.5 Å². The molecule has 1 nitrogen and oxygen atoms in total. The van der Waals surface area contributed by atoms with Crippen LogP contribution in [0, 0.1) is 5.92 Å². The topological polar surface area (TPSA) is 12.9 Å². The van der Waals surface area contributed by atoms with Crippen molar-refractivity contribution in [1.29, 1.82) is 0 Å². The highest BCUT2D eigenvalue weighted by Gasteiger charge is 2.28. The van der Waals surface area contributed by atoms with Crippen LogP contribution >= 0.6 is 0 Å². The van der Waals surface area contributed by atoms with Gasteiger partial charge in [-0.05, 0) is 130 Å². The first-order chi connectivity index (χ1) is 28.8. The van der Waals surface area contributed by atoms with Gasteiger partial charge in [0.05, 0.1) is 5.69 Å².